The van der Waals surface area contributed by atoms with E-state index in [1.165, 1.54) is 4.57 Å². The first-order chi connectivity index (χ1) is 8.41. The van der Waals surface area contributed by atoms with Gasteiger partial charge in [-0.05, 0) is 38.7 Å². The van der Waals surface area contributed by atoms with Crippen LogP contribution >= 0.6 is 0 Å². The van der Waals surface area contributed by atoms with Crippen molar-refractivity contribution in [2.24, 2.45) is 7.05 Å². The quantitative estimate of drug-likeness (QED) is 0.822. The number of likely N-dealkylation sites (N-methyl/N-ethyl adjacent to an activating group) is 1. The molecule has 2 aromatic rings. The monoisotopic (exact) mass is 248 g/mol. The highest BCUT2D eigenvalue weighted by atomic mass is 16.4. The van der Waals surface area contributed by atoms with Gasteiger partial charge in [0.05, 0.1) is 11.6 Å². The molecule has 0 saturated heterocycles. The van der Waals surface area contributed by atoms with Crippen LogP contribution in [-0.2, 0) is 11.8 Å². The maximum Gasteiger partial charge on any atom is 0.419 e. The second-order valence-electron chi connectivity index (χ2n) is 4.63. The molecular formula is C13H16N2O3. The van der Waals surface area contributed by atoms with Gasteiger partial charge in [0.25, 0.3) is 0 Å². The number of benzene rings is 1. The van der Waals surface area contributed by atoms with Crippen LogP contribution in [0, 0.1) is 0 Å². The van der Waals surface area contributed by atoms with Gasteiger partial charge in [-0.2, -0.15) is 0 Å². The molecule has 0 bridgehead atoms. The molecule has 18 heavy (non-hydrogen) atoms. The SMILES string of the molecule is CC(=O)C(c1ccc2oc(=O)n(C)c2c1)N(C)C. The Morgan fingerprint density at radius 2 is 2.06 bits per heavy atom. The summed E-state index contributed by atoms with van der Waals surface area (Å²) in [6.07, 6.45) is 0. The van der Waals surface area contributed by atoms with Crippen molar-refractivity contribution < 1.29 is 9.21 Å². The molecule has 0 aliphatic heterocycles. The van der Waals surface area contributed by atoms with E-state index < -0.39 is 5.76 Å². The molecule has 5 nitrogen and oxygen atoms in total. The fourth-order valence-electron chi connectivity index (χ4n) is 2.21. The van der Waals surface area contributed by atoms with E-state index in [1.54, 1.807) is 20.0 Å². The Labute approximate surface area is 105 Å². The lowest BCUT2D eigenvalue weighted by molar-refractivity contribution is -0.121. The van der Waals surface area contributed by atoms with Gasteiger partial charge in [-0.25, -0.2) is 4.79 Å². The molecule has 0 radical (unpaired) electrons. The van der Waals surface area contributed by atoms with Crippen LogP contribution in [0.25, 0.3) is 11.1 Å². The van der Waals surface area contributed by atoms with Crippen LogP contribution < -0.4 is 5.76 Å². The Balaban J connectivity index is 2.61. The molecule has 1 aromatic carbocycles. The van der Waals surface area contributed by atoms with Gasteiger partial charge in [0.1, 0.15) is 0 Å². The molecule has 5 heteroatoms. The van der Waals surface area contributed by atoms with Crippen molar-refractivity contribution in [2.75, 3.05) is 14.1 Å². The predicted octanol–water partition coefficient (Wildman–Crippen LogP) is 1.32. The van der Waals surface area contributed by atoms with E-state index in [4.69, 9.17) is 4.42 Å². The number of fused-ring (bicyclic) bond motifs is 1. The maximum atomic E-state index is 11.7. The summed E-state index contributed by atoms with van der Waals surface area (Å²) >= 11 is 0. The van der Waals surface area contributed by atoms with Gasteiger partial charge in [-0.15, -0.1) is 0 Å². The molecule has 1 heterocycles. The highest BCUT2D eigenvalue weighted by Gasteiger charge is 2.20. The summed E-state index contributed by atoms with van der Waals surface area (Å²) in [4.78, 5) is 24.9. The van der Waals surface area contributed by atoms with E-state index in [0.29, 0.717) is 11.1 Å². The molecule has 96 valence electrons. The van der Waals surface area contributed by atoms with Crippen molar-refractivity contribution in [3.05, 3.63) is 34.3 Å². The van der Waals surface area contributed by atoms with Crippen molar-refractivity contribution >= 4 is 16.9 Å². The number of carbonyl (C=O) groups is 1. The minimum Gasteiger partial charge on any atom is -0.408 e. The van der Waals surface area contributed by atoms with E-state index in [0.717, 1.165) is 5.56 Å². The summed E-state index contributed by atoms with van der Waals surface area (Å²) in [5.41, 5.74) is 2.09. The van der Waals surface area contributed by atoms with Crippen LogP contribution in [0.2, 0.25) is 0 Å². The van der Waals surface area contributed by atoms with Crippen LogP contribution in [0.4, 0.5) is 0 Å². The number of nitrogens with zero attached hydrogens (tertiary/aromatic N) is 2. The molecule has 0 aliphatic carbocycles. The first-order valence-corrected chi connectivity index (χ1v) is 5.68. The number of aryl methyl sites for hydroxylation is 1. The van der Waals surface area contributed by atoms with Crippen molar-refractivity contribution in [3.63, 3.8) is 0 Å². The van der Waals surface area contributed by atoms with Gasteiger partial charge in [0.15, 0.2) is 11.4 Å². The Morgan fingerprint density at radius 3 is 2.61 bits per heavy atom. The average molecular weight is 248 g/mol. The number of Topliss-reactive ketones (excluding diaryl/α,β-unsaturated/α-hetero) is 1. The van der Waals surface area contributed by atoms with Crippen molar-refractivity contribution in [1.29, 1.82) is 0 Å². The molecule has 0 spiro atoms. The number of oxazole rings is 1. The number of rotatable bonds is 3. The largest absolute Gasteiger partial charge is 0.419 e. The Morgan fingerprint density at radius 1 is 1.39 bits per heavy atom. The Kier molecular flexibility index (Phi) is 3.09. The molecule has 0 amide bonds. The molecule has 0 fully saturated rings. The topological polar surface area (TPSA) is 55.5 Å². The normalized spacial score (nSPS) is 13.2. The summed E-state index contributed by atoms with van der Waals surface area (Å²) in [5.74, 6) is -0.334. The van der Waals surface area contributed by atoms with Gasteiger partial charge in [-0.1, -0.05) is 6.07 Å². The number of ketones is 1. The second-order valence-corrected chi connectivity index (χ2v) is 4.63. The molecule has 0 aliphatic rings. The van der Waals surface area contributed by atoms with Crippen LogP contribution in [0.3, 0.4) is 0 Å². The number of hydrogen-bond acceptors (Lipinski definition) is 4. The van der Waals surface area contributed by atoms with Crippen LogP contribution in [0.5, 0.6) is 0 Å². The summed E-state index contributed by atoms with van der Waals surface area (Å²) in [6, 6.07) is 5.06. The third-order valence-corrected chi connectivity index (χ3v) is 3.03. The lowest BCUT2D eigenvalue weighted by Crippen LogP contribution is -2.25. The van der Waals surface area contributed by atoms with Crippen molar-refractivity contribution in [2.45, 2.75) is 13.0 Å². The van der Waals surface area contributed by atoms with Gasteiger partial charge in [-0.3, -0.25) is 14.3 Å². The lowest BCUT2D eigenvalue weighted by atomic mass is 10.0. The van der Waals surface area contributed by atoms with Crippen LogP contribution in [-0.4, -0.2) is 29.3 Å². The molecule has 1 atom stereocenters. The fraction of sp³-hybridized carbons (Fsp3) is 0.385. The first-order valence-electron chi connectivity index (χ1n) is 5.68. The zero-order valence-corrected chi connectivity index (χ0v) is 10.9. The molecule has 2 rings (SSSR count). The summed E-state index contributed by atoms with van der Waals surface area (Å²) in [5, 5.41) is 0. The minimum absolute atomic E-state index is 0.0628. The number of hydrogen-bond donors (Lipinski definition) is 0. The minimum atomic E-state index is -0.397. The Hall–Kier alpha value is -1.88. The average Bonchev–Trinajstić information content (AvgIpc) is 2.55. The highest BCUT2D eigenvalue weighted by molar-refractivity contribution is 5.84. The van der Waals surface area contributed by atoms with Gasteiger partial charge in [0, 0.05) is 7.05 Å². The van der Waals surface area contributed by atoms with Crippen LogP contribution in [0.1, 0.15) is 18.5 Å². The van der Waals surface area contributed by atoms with E-state index in [9.17, 15) is 9.59 Å². The Bertz CT molecular complexity index is 652. The van der Waals surface area contributed by atoms with Gasteiger partial charge >= 0.3 is 5.76 Å². The van der Waals surface area contributed by atoms with Gasteiger partial charge < -0.3 is 4.42 Å². The van der Waals surface area contributed by atoms with Crippen LogP contribution in [0.15, 0.2) is 27.4 Å². The molecule has 0 N–H and O–H groups in total. The summed E-state index contributed by atoms with van der Waals surface area (Å²) in [6.45, 7) is 1.56. The van der Waals surface area contributed by atoms with Crippen molar-refractivity contribution in [3.8, 4) is 0 Å². The standard InChI is InChI=1S/C13H16N2O3/c1-8(16)12(14(2)3)9-5-6-11-10(7-9)15(4)13(17)18-11/h5-7,12H,1-4H3. The molecule has 0 saturated carbocycles. The molecular weight excluding hydrogens is 232 g/mol. The molecule has 1 unspecified atom stereocenters. The highest BCUT2D eigenvalue weighted by Crippen LogP contribution is 2.23. The summed E-state index contributed by atoms with van der Waals surface area (Å²) < 4.78 is 6.50. The van der Waals surface area contributed by atoms with E-state index in [-0.39, 0.29) is 11.8 Å². The zero-order chi connectivity index (χ0) is 13.4. The lowest BCUT2D eigenvalue weighted by Gasteiger charge is -2.21. The van der Waals surface area contributed by atoms with Gasteiger partial charge in [0.2, 0.25) is 0 Å². The first kappa shape index (κ1) is 12.6. The van der Waals surface area contributed by atoms with E-state index in [1.807, 2.05) is 31.1 Å². The smallest absolute Gasteiger partial charge is 0.408 e. The maximum absolute atomic E-state index is 11.7. The molecule has 1 aromatic heterocycles. The predicted molar refractivity (Wildman–Crippen MR) is 68.6 cm³/mol. The van der Waals surface area contributed by atoms with E-state index >= 15 is 0 Å². The summed E-state index contributed by atoms with van der Waals surface area (Å²) in [7, 11) is 5.35. The third kappa shape index (κ3) is 1.97. The number of carbonyl (C=O) groups excluding carboxylic acids is 1. The fourth-order valence-corrected chi connectivity index (χ4v) is 2.21. The third-order valence-electron chi connectivity index (χ3n) is 3.03. The second kappa shape index (κ2) is 4.42. The van der Waals surface area contributed by atoms with Crippen molar-refractivity contribution in [1.82, 2.24) is 9.47 Å². The number of aromatic nitrogens is 1. The zero-order valence-electron chi connectivity index (χ0n) is 10.9. The van der Waals surface area contributed by atoms with E-state index in [2.05, 4.69) is 0 Å².